The molecule has 0 bridgehead atoms. The summed E-state index contributed by atoms with van der Waals surface area (Å²) in [5.74, 6) is 1.18. The van der Waals surface area contributed by atoms with Crippen LogP contribution in [0, 0.1) is 11.3 Å². The van der Waals surface area contributed by atoms with Gasteiger partial charge in [-0.3, -0.25) is 0 Å². The summed E-state index contributed by atoms with van der Waals surface area (Å²) < 4.78 is 6.70. The van der Waals surface area contributed by atoms with Gasteiger partial charge in [-0.1, -0.05) is 11.6 Å². The van der Waals surface area contributed by atoms with Gasteiger partial charge < -0.3 is 15.4 Å². The largest absolute Gasteiger partial charge is 0.382 e. The van der Waals surface area contributed by atoms with E-state index >= 15 is 0 Å². The van der Waals surface area contributed by atoms with E-state index in [1.54, 1.807) is 12.1 Å². The molecule has 0 atom stereocenters. The van der Waals surface area contributed by atoms with E-state index in [0.29, 0.717) is 43.5 Å². The van der Waals surface area contributed by atoms with Crippen molar-refractivity contribution in [2.24, 2.45) is 0 Å². The number of ether oxygens (including phenoxy) is 1. The minimum atomic E-state index is 0.232. The van der Waals surface area contributed by atoms with E-state index in [1.165, 1.54) is 4.68 Å². The summed E-state index contributed by atoms with van der Waals surface area (Å²) in [6.45, 7) is 2.52. The molecule has 1 fully saturated rings. The van der Waals surface area contributed by atoms with Crippen LogP contribution in [0.2, 0.25) is 5.15 Å². The molecule has 1 saturated heterocycles. The second-order valence-electron chi connectivity index (χ2n) is 4.42. The monoisotopic (exact) mass is 305 g/mol. The molecule has 2 aromatic rings. The lowest BCUT2D eigenvalue weighted by atomic mass is 10.3. The molecule has 0 amide bonds. The number of aromatic nitrogens is 4. The fraction of sp³-hybridized carbons (Fsp3) is 0.333. The SMILES string of the molecule is N#Cc1c(N2CCOCC2)nn(-c2ccc(Cl)nn2)c1N. The molecule has 1 aliphatic heterocycles. The molecule has 0 aromatic carbocycles. The molecule has 108 valence electrons. The molecule has 2 N–H and O–H groups in total. The summed E-state index contributed by atoms with van der Waals surface area (Å²) in [5.41, 5.74) is 6.34. The van der Waals surface area contributed by atoms with Crippen molar-refractivity contribution in [1.82, 2.24) is 20.0 Å². The molecule has 2 aromatic heterocycles. The van der Waals surface area contributed by atoms with Crippen LogP contribution in [0.5, 0.6) is 0 Å². The van der Waals surface area contributed by atoms with Gasteiger partial charge in [-0.05, 0) is 12.1 Å². The molecule has 0 saturated carbocycles. The van der Waals surface area contributed by atoms with E-state index in [-0.39, 0.29) is 11.0 Å². The summed E-state index contributed by atoms with van der Waals surface area (Å²) >= 11 is 5.72. The molecule has 0 unspecified atom stereocenters. The summed E-state index contributed by atoms with van der Waals surface area (Å²) in [7, 11) is 0. The van der Waals surface area contributed by atoms with E-state index in [0.717, 1.165) is 0 Å². The Hall–Kier alpha value is -2.37. The highest BCUT2D eigenvalue weighted by Crippen LogP contribution is 2.27. The summed E-state index contributed by atoms with van der Waals surface area (Å²) in [4.78, 5) is 1.97. The third-order valence-electron chi connectivity index (χ3n) is 3.16. The van der Waals surface area contributed by atoms with Crippen molar-refractivity contribution in [2.45, 2.75) is 0 Å². The van der Waals surface area contributed by atoms with E-state index in [4.69, 9.17) is 22.1 Å². The maximum atomic E-state index is 9.34. The molecule has 8 nitrogen and oxygen atoms in total. The Morgan fingerprint density at radius 3 is 2.67 bits per heavy atom. The van der Waals surface area contributed by atoms with E-state index < -0.39 is 0 Å². The fourth-order valence-electron chi connectivity index (χ4n) is 2.12. The first kappa shape index (κ1) is 13.6. The number of nitrogen functional groups attached to an aromatic ring is 1. The molecular formula is C12H12ClN7O. The molecule has 3 rings (SSSR count). The van der Waals surface area contributed by atoms with Crippen LogP contribution in [0.25, 0.3) is 5.82 Å². The number of hydrogen-bond acceptors (Lipinski definition) is 7. The van der Waals surface area contributed by atoms with Crippen molar-refractivity contribution in [3.8, 4) is 11.9 Å². The van der Waals surface area contributed by atoms with Crippen LogP contribution in [-0.2, 0) is 4.74 Å². The van der Waals surface area contributed by atoms with Crippen LogP contribution < -0.4 is 10.6 Å². The molecule has 3 heterocycles. The van der Waals surface area contributed by atoms with Crippen molar-refractivity contribution < 1.29 is 4.74 Å². The maximum absolute atomic E-state index is 9.34. The zero-order chi connectivity index (χ0) is 14.8. The van der Waals surface area contributed by atoms with Crippen molar-refractivity contribution in [2.75, 3.05) is 36.9 Å². The van der Waals surface area contributed by atoms with Crippen LogP contribution in [0.3, 0.4) is 0 Å². The van der Waals surface area contributed by atoms with Crippen LogP contribution in [0.4, 0.5) is 11.6 Å². The predicted octanol–water partition coefficient (Wildman–Crippen LogP) is 0.606. The summed E-state index contributed by atoms with van der Waals surface area (Å²) in [6, 6.07) is 5.33. The molecular weight excluding hydrogens is 294 g/mol. The molecule has 0 aliphatic carbocycles. The van der Waals surface area contributed by atoms with E-state index in [9.17, 15) is 5.26 Å². The number of nitriles is 1. The standard InChI is InChI=1S/C12H12ClN7O/c13-9-1-2-10(17-16-9)20-11(15)8(7-14)12(18-20)19-3-5-21-6-4-19/h1-2H,3-6,15H2. The fourth-order valence-corrected chi connectivity index (χ4v) is 2.22. The van der Waals surface area contributed by atoms with Gasteiger partial charge in [0.2, 0.25) is 0 Å². The van der Waals surface area contributed by atoms with Gasteiger partial charge in [0.15, 0.2) is 16.8 Å². The lowest BCUT2D eigenvalue weighted by Crippen LogP contribution is -2.37. The van der Waals surface area contributed by atoms with Gasteiger partial charge in [-0.25, -0.2) is 0 Å². The maximum Gasteiger partial charge on any atom is 0.178 e. The van der Waals surface area contributed by atoms with E-state index in [1.807, 2.05) is 4.90 Å². The minimum absolute atomic E-state index is 0.232. The average molecular weight is 306 g/mol. The van der Waals surface area contributed by atoms with Gasteiger partial charge in [0, 0.05) is 13.1 Å². The lowest BCUT2D eigenvalue weighted by Gasteiger charge is -2.26. The van der Waals surface area contributed by atoms with Crippen molar-refractivity contribution >= 4 is 23.2 Å². The van der Waals surface area contributed by atoms with Gasteiger partial charge in [0.05, 0.1) is 13.2 Å². The summed E-state index contributed by atoms with van der Waals surface area (Å²) in [6.07, 6.45) is 0. The number of nitrogens with zero attached hydrogens (tertiary/aromatic N) is 6. The second-order valence-corrected chi connectivity index (χ2v) is 4.81. The molecule has 21 heavy (non-hydrogen) atoms. The zero-order valence-corrected chi connectivity index (χ0v) is 11.8. The van der Waals surface area contributed by atoms with Crippen molar-refractivity contribution in [3.63, 3.8) is 0 Å². The molecule has 0 radical (unpaired) electrons. The highest BCUT2D eigenvalue weighted by Gasteiger charge is 2.23. The third-order valence-corrected chi connectivity index (χ3v) is 3.36. The average Bonchev–Trinajstić information content (AvgIpc) is 2.86. The Balaban J connectivity index is 2.04. The van der Waals surface area contributed by atoms with Gasteiger partial charge in [0.1, 0.15) is 17.5 Å². The summed E-state index contributed by atoms with van der Waals surface area (Å²) in [5, 5.41) is 21.7. The van der Waals surface area contributed by atoms with Crippen molar-refractivity contribution in [3.05, 3.63) is 22.8 Å². The number of morpholine rings is 1. The number of rotatable bonds is 2. The second kappa shape index (κ2) is 5.55. The third kappa shape index (κ3) is 2.49. The van der Waals surface area contributed by atoms with Crippen molar-refractivity contribution in [1.29, 1.82) is 5.26 Å². The predicted molar refractivity (Wildman–Crippen MR) is 76.3 cm³/mol. The topological polar surface area (TPSA) is 106 Å². The normalized spacial score (nSPS) is 15.0. The van der Waals surface area contributed by atoms with Gasteiger partial charge in [-0.15, -0.1) is 15.3 Å². The van der Waals surface area contributed by atoms with Crippen LogP contribution in [0.15, 0.2) is 12.1 Å². The van der Waals surface area contributed by atoms with Gasteiger partial charge >= 0.3 is 0 Å². The Morgan fingerprint density at radius 1 is 1.29 bits per heavy atom. The first-order valence-corrected chi connectivity index (χ1v) is 6.69. The lowest BCUT2D eigenvalue weighted by molar-refractivity contribution is 0.122. The number of halogens is 1. The number of nitrogens with two attached hydrogens (primary N) is 1. The smallest absolute Gasteiger partial charge is 0.178 e. The van der Waals surface area contributed by atoms with Crippen LogP contribution >= 0.6 is 11.6 Å². The highest BCUT2D eigenvalue weighted by molar-refractivity contribution is 6.29. The number of anilines is 2. The molecule has 1 aliphatic rings. The first-order chi connectivity index (χ1) is 10.2. The zero-order valence-electron chi connectivity index (χ0n) is 11.0. The van der Waals surface area contributed by atoms with E-state index in [2.05, 4.69) is 21.4 Å². The Labute approximate surface area is 125 Å². The Bertz CT molecular complexity index is 685. The quantitative estimate of drug-likeness (QED) is 0.866. The van der Waals surface area contributed by atoms with Crippen LogP contribution in [-0.4, -0.2) is 46.3 Å². The first-order valence-electron chi connectivity index (χ1n) is 6.31. The molecule has 0 spiro atoms. The Morgan fingerprint density at radius 2 is 2.05 bits per heavy atom. The van der Waals surface area contributed by atoms with Gasteiger partial charge in [-0.2, -0.15) is 9.94 Å². The van der Waals surface area contributed by atoms with Gasteiger partial charge in [0.25, 0.3) is 0 Å². The molecule has 9 heteroatoms. The number of hydrogen-bond donors (Lipinski definition) is 1. The Kier molecular flexibility index (Phi) is 3.60. The highest BCUT2D eigenvalue weighted by atomic mass is 35.5. The minimum Gasteiger partial charge on any atom is -0.382 e. The van der Waals surface area contributed by atoms with Crippen LogP contribution in [0.1, 0.15) is 5.56 Å².